The Labute approximate surface area is 236 Å². The molecule has 0 aromatic heterocycles. The Hall–Kier alpha value is -4.54. The van der Waals surface area contributed by atoms with Crippen molar-refractivity contribution in [1.29, 1.82) is 0 Å². The Balaban J connectivity index is 1.07. The summed E-state index contributed by atoms with van der Waals surface area (Å²) < 4.78 is 17.1. The van der Waals surface area contributed by atoms with Gasteiger partial charge in [0.25, 0.3) is 16.8 Å². The van der Waals surface area contributed by atoms with Gasteiger partial charge in [0.2, 0.25) is 0 Å². The summed E-state index contributed by atoms with van der Waals surface area (Å²) in [4.78, 5) is 54.4. The molecule has 3 aromatic rings. The Bertz CT molecular complexity index is 1550. The van der Waals surface area contributed by atoms with Crippen molar-refractivity contribution >= 4 is 23.4 Å². The van der Waals surface area contributed by atoms with Gasteiger partial charge in [0.05, 0.1) is 18.4 Å². The van der Waals surface area contributed by atoms with Crippen LogP contribution in [0.1, 0.15) is 41.6 Å². The highest BCUT2D eigenvalue weighted by Gasteiger charge is 2.36. The fourth-order valence-corrected chi connectivity index (χ4v) is 5.99. The van der Waals surface area contributed by atoms with Gasteiger partial charge in [0.1, 0.15) is 29.9 Å². The van der Waals surface area contributed by atoms with E-state index >= 15 is 0 Å². The normalized spacial score (nSPS) is 18.3. The second kappa shape index (κ2) is 10.8. The minimum Gasteiger partial charge on any atom is -0.502 e. The van der Waals surface area contributed by atoms with Gasteiger partial charge in [-0.2, -0.15) is 0 Å². The lowest BCUT2D eigenvalue weighted by Gasteiger charge is -2.40. The molecule has 11 nitrogen and oxygen atoms in total. The largest absolute Gasteiger partial charge is 0.502 e. The quantitative estimate of drug-likeness (QED) is 0.452. The van der Waals surface area contributed by atoms with Crippen molar-refractivity contribution < 1.29 is 28.9 Å². The van der Waals surface area contributed by atoms with Crippen LogP contribution in [-0.4, -0.2) is 67.4 Å². The molecule has 0 unspecified atom stereocenters. The molecule has 214 valence electrons. The summed E-state index contributed by atoms with van der Waals surface area (Å²) in [5.74, 6) is 0.376. The number of aromatic hydroxyl groups is 1. The number of methoxy groups -OCH3 is 1. The first-order valence-corrected chi connectivity index (χ1v) is 13.8. The van der Waals surface area contributed by atoms with E-state index in [9.17, 15) is 24.3 Å². The molecule has 41 heavy (non-hydrogen) atoms. The third kappa shape index (κ3) is 4.85. The molecule has 0 spiro atoms. The lowest BCUT2D eigenvalue weighted by atomic mass is 10.00. The number of hydrogen-bond acceptors (Lipinski definition) is 9. The van der Waals surface area contributed by atoms with Gasteiger partial charge < -0.3 is 29.1 Å². The number of ether oxygens (including phenoxy) is 3. The van der Waals surface area contributed by atoms with Crippen molar-refractivity contribution in [2.24, 2.45) is 0 Å². The van der Waals surface area contributed by atoms with E-state index in [1.165, 1.54) is 7.11 Å². The SMILES string of the molecule is COc1cc(OC2CCN(c3c(O)c(=O)c3=O)CC2)ccc1C(=O)N1CCC(N2C(=O)OCc3ccccc32)CC1. The summed E-state index contributed by atoms with van der Waals surface area (Å²) in [5.41, 5.74) is 0.912. The number of fused-ring (bicyclic) bond motifs is 1. The van der Waals surface area contributed by atoms with E-state index in [1.807, 2.05) is 24.3 Å². The highest BCUT2D eigenvalue weighted by molar-refractivity contribution is 5.97. The van der Waals surface area contributed by atoms with E-state index in [0.717, 1.165) is 11.3 Å². The molecule has 0 saturated carbocycles. The van der Waals surface area contributed by atoms with Gasteiger partial charge in [0, 0.05) is 56.7 Å². The van der Waals surface area contributed by atoms with Crippen LogP contribution in [0.3, 0.4) is 0 Å². The van der Waals surface area contributed by atoms with Gasteiger partial charge in [-0.1, -0.05) is 18.2 Å². The molecule has 2 fully saturated rings. The molecule has 3 aliphatic heterocycles. The van der Waals surface area contributed by atoms with E-state index in [0.29, 0.717) is 68.9 Å². The first-order chi connectivity index (χ1) is 19.9. The van der Waals surface area contributed by atoms with E-state index in [2.05, 4.69) is 0 Å². The van der Waals surface area contributed by atoms with Crippen LogP contribution in [0, 0.1) is 0 Å². The zero-order chi connectivity index (χ0) is 28.7. The maximum absolute atomic E-state index is 13.5. The maximum Gasteiger partial charge on any atom is 0.414 e. The van der Waals surface area contributed by atoms with Gasteiger partial charge in [-0.3, -0.25) is 19.3 Å². The third-order valence-electron chi connectivity index (χ3n) is 8.24. The summed E-state index contributed by atoms with van der Waals surface area (Å²) >= 11 is 0. The molecule has 2 saturated heterocycles. The molecule has 3 aliphatic rings. The van der Waals surface area contributed by atoms with Crippen LogP contribution >= 0.6 is 0 Å². The summed E-state index contributed by atoms with van der Waals surface area (Å²) in [6.07, 6.45) is 1.99. The van der Waals surface area contributed by atoms with Gasteiger partial charge in [-0.25, -0.2) is 4.79 Å². The highest BCUT2D eigenvalue weighted by Crippen LogP contribution is 2.34. The van der Waals surface area contributed by atoms with Gasteiger partial charge in [0.15, 0.2) is 5.75 Å². The Kier molecular flexibility index (Phi) is 7.02. The van der Waals surface area contributed by atoms with Crippen LogP contribution < -0.4 is 30.1 Å². The second-order valence-corrected chi connectivity index (χ2v) is 10.6. The van der Waals surface area contributed by atoms with Crippen LogP contribution in [0.5, 0.6) is 17.2 Å². The number of carbonyl (C=O) groups excluding carboxylic acids is 2. The summed E-state index contributed by atoms with van der Waals surface area (Å²) in [6.45, 7) is 2.22. The lowest BCUT2D eigenvalue weighted by Crippen LogP contribution is -2.50. The number of likely N-dealkylation sites (tertiary alicyclic amines) is 1. The molecule has 6 rings (SSSR count). The van der Waals surface area contributed by atoms with Crippen molar-refractivity contribution in [1.82, 2.24) is 4.90 Å². The van der Waals surface area contributed by atoms with Crippen molar-refractivity contribution in [2.75, 3.05) is 43.1 Å². The molecule has 1 N–H and O–H groups in total. The average molecular weight is 562 g/mol. The molecule has 0 aliphatic carbocycles. The van der Waals surface area contributed by atoms with Crippen molar-refractivity contribution in [3.8, 4) is 17.2 Å². The number of rotatable bonds is 6. The van der Waals surface area contributed by atoms with Gasteiger partial charge in [-0.15, -0.1) is 0 Å². The van der Waals surface area contributed by atoms with E-state index < -0.39 is 16.6 Å². The van der Waals surface area contributed by atoms with Crippen molar-refractivity contribution in [3.05, 3.63) is 74.0 Å². The van der Waals surface area contributed by atoms with Crippen LogP contribution in [0.4, 0.5) is 16.2 Å². The molecule has 3 heterocycles. The zero-order valence-corrected chi connectivity index (χ0v) is 22.7. The maximum atomic E-state index is 13.5. The minimum atomic E-state index is -0.832. The van der Waals surface area contributed by atoms with E-state index in [-0.39, 0.29) is 36.4 Å². The first-order valence-electron chi connectivity index (χ1n) is 13.8. The number of benzene rings is 2. The van der Waals surface area contributed by atoms with Crippen molar-refractivity contribution in [2.45, 2.75) is 44.4 Å². The molecule has 11 heteroatoms. The standard InChI is InChI=1S/C30H31N3O8/c1-39-24-16-21(41-20-10-14-31(15-11-20)25-26(34)28(36)27(25)35)6-7-22(24)29(37)32-12-8-19(9-13-32)33-23-5-3-2-4-18(23)17-40-30(33)38/h2-7,16,19-20,34H,8-15,17H2,1H3. The fourth-order valence-electron chi connectivity index (χ4n) is 5.99. The van der Waals surface area contributed by atoms with Crippen molar-refractivity contribution in [3.63, 3.8) is 0 Å². The lowest BCUT2D eigenvalue weighted by molar-refractivity contribution is 0.0705. The second-order valence-electron chi connectivity index (χ2n) is 10.6. The number of amides is 2. The van der Waals surface area contributed by atoms with E-state index in [1.54, 1.807) is 32.9 Å². The monoisotopic (exact) mass is 561 g/mol. The predicted octanol–water partition coefficient (Wildman–Crippen LogP) is 2.81. The number of nitrogens with zero attached hydrogens (tertiary/aromatic N) is 3. The molecular weight excluding hydrogens is 530 g/mol. The Morgan fingerprint density at radius 2 is 1.68 bits per heavy atom. The highest BCUT2D eigenvalue weighted by atomic mass is 16.6. The topological polar surface area (TPSA) is 126 Å². The van der Waals surface area contributed by atoms with Gasteiger partial charge in [-0.05, 0) is 31.0 Å². The summed E-state index contributed by atoms with van der Waals surface area (Å²) in [7, 11) is 1.51. The number of piperidine rings is 2. The number of anilines is 2. The third-order valence-corrected chi connectivity index (χ3v) is 8.24. The molecule has 0 radical (unpaired) electrons. The predicted molar refractivity (Wildman–Crippen MR) is 150 cm³/mol. The van der Waals surface area contributed by atoms with Gasteiger partial charge >= 0.3 is 6.09 Å². The Morgan fingerprint density at radius 3 is 2.39 bits per heavy atom. The fraction of sp³-hybridized carbons (Fsp3) is 0.400. The first kappa shape index (κ1) is 26.7. The number of cyclic esters (lactones) is 1. The Morgan fingerprint density at radius 1 is 0.951 bits per heavy atom. The minimum absolute atomic E-state index is 0.0553. The zero-order valence-electron chi connectivity index (χ0n) is 22.7. The molecular formula is C30H31N3O8. The number of para-hydroxylation sites is 1. The summed E-state index contributed by atoms with van der Waals surface area (Å²) in [5, 5.41) is 9.71. The van der Waals surface area contributed by atoms with Crippen LogP contribution in [-0.2, 0) is 11.3 Å². The molecule has 2 amide bonds. The van der Waals surface area contributed by atoms with Crippen LogP contribution in [0.25, 0.3) is 0 Å². The molecule has 0 bridgehead atoms. The number of carbonyl (C=O) groups is 2. The summed E-state index contributed by atoms with van der Waals surface area (Å²) in [6, 6.07) is 12.8. The number of hydrogen-bond donors (Lipinski definition) is 1. The van der Waals surface area contributed by atoms with Crippen LogP contribution in [0.2, 0.25) is 0 Å². The van der Waals surface area contributed by atoms with E-state index in [4.69, 9.17) is 14.2 Å². The molecule has 0 atom stereocenters. The van der Waals surface area contributed by atoms with Crippen LogP contribution in [0.15, 0.2) is 52.1 Å². The average Bonchev–Trinajstić information content (AvgIpc) is 3.01. The molecule has 3 aromatic carbocycles. The smallest absolute Gasteiger partial charge is 0.414 e.